The van der Waals surface area contributed by atoms with E-state index in [4.69, 9.17) is 4.84 Å². The molecule has 0 bridgehead atoms. The summed E-state index contributed by atoms with van der Waals surface area (Å²) < 4.78 is 0. The average Bonchev–Trinajstić information content (AvgIpc) is 2.75. The van der Waals surface area contributed by atoms with Gasteiger partial charge in [0.1, 0.15) is 12.6 Å². The van der Waals surface area contributed by atoms with Crippen LogP contribution in [-0.4, -0.2) is 41.3 Å². The first-order valence-electron chi connectivity index (χ1n) is 4.93. The highest BCUT2D eigenvalue weighted by Crippen LogP contribution is 2.18. The molecule has 0 spiro atoms. The molecule has 0 fully saturated rings. The van der Waals surface area contributed by atoms with Crippen molar-refractivity contribution in [3.05, 3.63) is 30.0 Å². The Balaban J connectivity index is 2.62. The van der Waals surface area contributed by atoms with Gasteiger partial charge >= 0.3 is 0 Å². The van der Waals surface area contributed by atoms with Crippen LogP contribution in [0.4, 0.5) is 0 Å². The minimum atomic E-state index is -0.466. The van der Waals surface area contributed by atoms with Crippen molar-refractivity contribution in [3.63, 3.8) is 0 Å². The van der Waals surface area contributed by atoms with E-state index in [0.717, 1.165) is 4.90 Å². The van der Waals surface area contributed by atoms with Gasteiger partial charge in [-0.2, -0.15) is 0 Å². The van der Waals surface area contributed by atoms with Gasteiger partial charge in [0.05, 0.1) is 0 Å². The molecular weight excluding hydrogens is 222 g/mol. The van der Waals surface area contributed by atoms with Crippen molar-refractivity contribution >= 4 is 23.2 Å². The Kier molecular flexibility index (Phi) is 2.78. The Morgan fingerprint density at radius 2 is 2.18 bits per heavy atom. The van der Waals surface area contributed by atoms with Gasteiger partial charge in [0.25, 0.3) is 5.91 Å². The van der Waals surface area contributed by atoms with E-state index < -0.39 is 5.91 Å². The number of nitrogens with zero attached hydrogens (tertiary/aromatic N) is 3. The van der Waals surface area contributed by atoms with Gasteiger partial charge < -0.3 is 4.84 Å². The monoisotopic (exact) mass is 233 g/mol. The molecule has 0 radical (unpaired) electrons. The molecule has 2 amide bonds. The summed E-state index contributed by atoms with van der Waals surface area (Å²) in [7, 11) is 2.84. The largest absolute Gasteiger partial charge is 0.399 e. The van der Waals surface area contributed by atoms with E-state index in [-0.39, 0.29) is 5.69 Å². The zero-order valence-corrected chi connectivity index (χ0v) is 9.45. The minimum Gasteiger partial charge on any atom is -0.399 e. The lowest BCUT2D eigenvalue weighted by atomic mass is 10.2. The zero-order chi connectivity index (χ0) is 12.4. The number of hydrogen-bond donors (Lipinski definition) is 0. The van der Waals surface area contributed by atoms with Crippen LogP contribution >= 0.6 is 0 Å². The molecule has 1 heterocycles. The molecule has 17 heavy (non-hydrogen) atoms. The summed E-state index contributed by atoms with van der Waals surface area (Å²) in [4.78, 5) is 29.7. The van der Waals surface area contributed by atoms with Gasteiger partial charge in [0.2, 0.25) is 6.41 Å². The van der Waals surface area contributed by atoms with Gasteiger partial charge in [0, 0.05) is 12.4 Å². The lowest BCUT2D eigenvalue weighted by Gasteiger charge is -2.05. The minimum absolute atomic E-state index is 0.192. The predicted molar refractivity (Wildman–Crippen MR) is 60.4 cm³/mol. The van der Waals surface area contributed by atoms with E-state index in [9.17, 15) is 9.59 Å². The fourth-order valence-electron chi connectivity index (χ4n) is 1.55. The van der Waals surface area contributed by atoms with Crippen LogP contribution in [-0.2, 0) is 4.79 Å². The fourth-order valence-corrected chi connectivity index (χ4v) is 1.55. The summed E-state index contributed by atoms with van der Waals surface area (Å²) >= 11 is 0. The molecule has 2 aromatic rings. The third-order valence-corrected chi connectivity index (χ3v) is 2.41. The number of carbonyl (C=O) groups is 2. The van der Waals surface area contributed by atoms with Gasteiger partial charge in [0.15, 0.2) is 5.69 Å². The maximum Gasteiger partial charge on any atom is 0.281 e. The van der Waals surface area contributed by atoms with E-state index in [2.05, 4.69) is 5.10 Å². The van der Waals surface area contributed by atoms with Gasteiger partial charge in [-0.1, -0.05) is 23.0 Å². The number of hydrogen-bond acceptors (Lipinski definition) is 4. The average molecular weight is 233 g/mol. The van der Waals surface area contributed by atoms with Gasteiger partial charge in [-0.15, -0.1) is 5.10 Å². The normalized spacial score (nSPS) is 10.2. The highest BCUT2D eigenvalue weighted by Gasteiger charge is 2.20. The van der Waals surface area contributed by atoms with Crippen LogP contribution in [0.5, 0.6) is 0 Å². The predicted octanol–water partition coefficient (Wildman–Crippen LogP) is 0.323. The summed E-state index contributed by atoms with van der Waals surface area (Å²) in [6.07, 6.45) is 0.447. The molecule has 0 atom stereocenters. The quantitative estimate of drug-likeness (QED) is 0.716. The first-order chi connectivity index (χ1) is 8.19. The van der Waals surface area contributed by atoms with Crippen LogP contribution in [0, 0.1) is 0 Å². The van der Waals surface area contributed by atoms with Gasteiger partial charge in [-0.25, -0.2) is 0 Å². The number of rotatable bonds is 3. The van der Waals surface area contributed by atoms with Crippen molar-refractivity contribution in [1.29, 1.82) is 0 Å². The summed E-state index contributed by atoms with van der Waals surface area (Å²) in [5.41, 5.74) is 0.870. The van der Waals surface area contributed by atoms with Gasteiger partial charge in [-0.05, 0) is 6.07 Å². The maximum atomic E-state index is 11.9. The lowest BCUT2D eigenvalue weighted by molar-refractivity contribution is -0.115. The van der Waals surface area contributed by atoms with E-state index >= 15 is 0 Å². The zero-order valence-electron chi connectivity index (χ0n) is 9.45. The number of benzene rings is 1. The Bertz CT molecular complexity index is 576. The summed E-state index contributed by atoms with van der Waals surface area (Å²) in [6.45, 7) is 0. The smallest absolute Gasteiger partial charge is 0.281 e. The molecule has 88 valence electrons. The second kappa shape index (κ2) is 4.25. The maximum absolute atomic E-state index is 11.9. The summed E-state index contributed by atoms with van der Waals surface area (Å²) in [6, 6.07) is 7.15. The molecule has 2 rings (SSSR count). The van der Waals surface area contributed by atoms with Crippen LogP contribution in [0.1, 0.15) is 10.5 Å². The third kappa shape index (κ3) is 1.73. The number of para-hydroxylation sites is 1. The van der Waals surface area contributed by atoms with Crippen molar-refractivity contribution in [3.8, 4) is 0 Å². The second-order valence-corrected chi connectivity index (χ2v) is 3.44. The van der Waals surface area contributed by atoms with Crippen LogP contribution < -0.4 is 4.84 Å². The van der Waals surface area contributed by atoms with Crippen molar-refractivity contribution in [1.82, 2.24) is 14.8 Å². The highest BCUT2D eigenvalue weighted by molar-refractivity contribution is 6.07. The van der Waals surface area contributed by atoms with Crippen molar-refractivity contribution in [2.75, 3.05) is 14.2 Å². The molecule has 1 aromatic heterocycles. The van der Waals surface area contributed by atoms with E-state index in [1.807, 2.05) is 6.07 Å². The van der Waals surface area contributed by atoms with Crippen LogP contribution in [0.15, 0.2) is 24.3 Å². The van der Waals surface area contributed by atoms with Crippen molar-refractivity contribution < 1.29 is 14.4 Å². The fraction of sp³-hybridized carbons (Fsp3) is 0.182. The van der Waals surface area contributed by atoms with Crippen LogP contribution in [0.2, 0.25) is 0 Å². The molecular formula is C11H11N3O3. The second-order valence-electron chi connectivity index (χ2n) is 3.44. The van der Waals surface area contributed by atoms with Gasteiger partial charge in [-0.3, -0.25) is 14.5 Å². The molecule has 0 aliphatic heterocycles. The lowest BCUT2D eigenvalue weighted by Crippen LogP contribution is -2.25. The number of fused-ring (bicyclic) bond motifs is 1. The first-order valence-corrected chi connectivity index (χ1v) is 4.93. The van der Waals surface area contributed by atoms with Crippen molar-refractivity contribution in [2.24, 2.45) is 0 Å². The standard InChI is InChI=1S/C11H11N3O3/c1-13(7-15)11(16)10-8-5-3-4-6-9(8)14(12-10)17-2/h3-7H,1-2H3. The molecule has 0 aliphatic rings. The molecule has 6 heteroatoms. The Hall–Kier alpha value is -2.37. The van der Waals surface area contributed by atoms with E-state index in [1.165, 1.54) is 19.0 Å². The Morgan fingerprint density at radius 3 is 2.82 bits per heavy atom. The van der Waals surface area contributed by atoms with E-state index in [1.54, 1.807) is 18.2 Å². The number of carbonyl (C=O) groups excluding carboxylic acids is 2. The third-order valence-electron chi connectivity index (χ3n) is 2.41. The number of aromatic nitrogens is 2. The SMILES string of the molecule is COn1nc(C(=O)N(C)C=O)c2ccccc21. The van der Waals surface area contributed by atoms with Crippen LogP contribution in [0.25, 0.3) is 10.9 Å². The summed E-state index contributed by atoms with van der Waals surface area (Å²) in [5, 5.41) is 4.67. The first kappa shape index (κ1) is 11.1. The highest BCUT2D eigenvalue weighted by atomic mass is 16.7. The summed E-state index contributed by atoms with van der Waals surface area (Å²) in [5.74, 6) is -0.466. The van der Waals surface area contributed by atoms with Crippen molar-refractivity contribution in [2.45, 2.75) is 0 Å². The van der Waals surface area contributed by atoms with E-state index in [0.29, 0.717) is 17.3 Å². The molecule has 6 nitrogen and oxygen atoms in total. The molecule has 0 saturated heterocycles. The Labute approximate surface area is 97.3 Å². The Morgan fingerprint density at radius 1 is 1.47 bits per heavy atom. The molecule has 0 N–H and O–H groups in total. The topological polar surface area (TPSA) is 64.4 Å². The molecule has 0 aliphatic carbocycles. The number of imide groups is 1. The molecule has 0 saturated carbocycles. The van der Waals surface area contributed by atoms with Crippen LogP contribution in [0.3, 0.4) is 0 Å². The molecule has 0 unspecified atom stereocenters. The number of amides is 2. The molecule has 1 aromatic carbocycles.